The van der Waals surface area contributed by atoms with Crippen molar-refractivity contribution < 1.29 is 13.2 Å². The molecule has 3 rings (SSSR count). The molecular formula is C18H15F3N2S. The Bertz CT molecular complexity index is 854. The zero-order chi connectivity index (χ0) is 17.3. The van der Waals surface area contributed by atoms with Crippen molar-refractivity contribution in [2.45, 2.75) is 20.0 Å². The maximum Gasteiger partial charge on any atom is 0.434 e. The summed E-state index contributed by atoms with van der Waals surface area (Å²) in [7, 11) is 0. The minimum atomic E-state index is -4.50. The number of nitrogens with one attached hydrogen (secondary N) is 1. The molecule has 0 aliphatic rings. The van der Waals surface area contributed by atoms with Crippen LogP contribution in [0.25, 0.3) is 10.4 Å². The van der Waals surface area contributed by atoms with Crippen LogP contribution in [0.2, 0.25) is 0 Å². The molecule has 0 aliphatic carbocycles. The number of alkyl halides is 3. The van der Waals surface area contributed by atoms with Gasteiger partial charge in [-0.05, 0) is 31.0 Å². The summed E-state index contributed by atoms with van der Waals surface area (Å²) in [6.07, 6.45) is -4.50. The highest BCUT2D eigenvalue weighted by molar-refractivity contribution is 7.19. The van der Waals surface area contributed by atoms with E-state index in [9.17, 15) is 13.2 Å². The number of aryl methyl sites for hydroxylation is 2. The lowest BCUT2D eigenvalue weighted by atomic mass is 10.1. The summed E-state index contributed by atoms with van der Waals surface area (Å²) >= 11 is 1.00. The molecule has 0 saturated heterocycles. The number of hydrogen-bond donors (Lipinski definition) is 1. The van der Waals surface area contributed by atoms with Gasteiger partial charge in [0.2, 0.25) is 0 Å². The molecule has 0 spiro atoms. The molecule has 0 unspecified atom stereocenters. The molecule has 1 aromatic heterocycles. The van der Waals surface area contributed by atoms with E-state index < -0.39 is 11.9 Å². The Kier molecular flexibility index (Phi) is 4.32. The van der Waals surface area contributed by atoms with Crippen LogP contribution in [0.3, 0.4) is 0 Å². The van der Waals surface area contributed by atoms with Crippen molar-refractivity contribution in [3.8, 4) is 10.4 Å². The zero-order valence-corrected chi connectivity index (χ0v) is 13.9. The van der Waals surface area contributed by atoms with Crippen LogP contribution < -0.4 is 5.32 Å². The number of nitrogens with zero attached hydrogens (tertiary/aromatic N) is 1. The molecular weight excluding hydrogens is 333 g/mol. The largest absolute Gasteiger partial charge is 0.434 e. The predicted octanol–water partition coefficient (Wildman–Crippen LogP) is 6.19. The van der Waals surface area contributed by atoms with Crippen molar-refractivity contribution in [2.24, 2.45) is 0 Å². The van der Waals surface area contributed by atoms with Gasteiger partial charge < -0.3 is 5.32 Å². The van der Waals surface area contributed by atoms with Crippen molar-refractivity contribution in [2.75, 3.05) is 5.32 Å². The van der Waals surface area contributed by atoms with Crippen LogP contribution in [0.4, 0.5) is 24.0 Å². The predicted molar refractivity (Wildman–Crippen MR) is 91.8 cm³/mol. The standard InChI is InChI=1S/C18H15F3N2S/c1-11-8-9-14(12(2)10-11)22-17-23-16(18(19,20)21)15(24-17)13-6-4-3-5-7-13/h3-10H,1-2H3,(H,22,23). The van der Waals surface area contributed by atoms with E-state index in [0.717, 1.165) is 28.2 Å². The van der Waals surface area contributed by atoms with Crippen LogP contribution in [-0.4, -0.2) is 4.98 Å². The van der Waals surface area contributed by atoms with Crippen LogP contribution in [0.1, 0.15) is 16.8 Å². The van der Waals surface area contributed by atoms with Gasteiger partial charge >= 0.3 is 6.18 Å². The number of hydrogen-bond acceptors (Lipinski definition) is 3. The van der Waals surface area contributed by atoms with Gasteiger partial charge in [0, 0.05) is 5.69 Å². The van der Waals surface area contributed by atoms with Crippen molar-refractivity contribution in [1.29, 1.82) is 0 Å². The lowest BCUT2D eigenvalue weighted by molar-refractivity contribution is -0.140. The molecule has 0 amide bonds. The number of halogens is 3. The van der Waals surface area contributed by atoms with Crippen LogP contribution in [0.5, 0.6) is 0 Å². The average Bonchev–Trinajstić information content (AvgIpc) is 2.95. The first-order valence-corrected chi connectivity index (χ1v) is 8.14. The third-order valence-electron chi connectivity index (χ3n) is 3.56. The molecule has 0 aliphatic heterocycles. The highest BCUT2D eigenvalue weighted by Crippen LogP contribution is 2.42. The Morgan fingerprint density at radius 3 is 2.33 bits per heavy atom. The summed E-state index contributed by atoms with van der Waals surface area (Å²) in [6, 6.07) is 14.2. The highest BCUT2D eigenvalue weighted by atomic mass is 32.1. The number of anilines is 2. The Morgan fingerprint density at radius 2 is 1.71 bits per heavy atom. The van der Waals surface area contributed by atoms with Crippen molar-refractivity contribution in [3.63, 3.8) is 0 Å². The third-order valence-corrected chi connectivity index (χ3v) is 4.58. The fourth-order valence-electron chi connectivity index (χ4n) is 2.42. The summed E-state index contributed by atoms with van der Waals surface area (Å²) in [5.41, 5.74) is 2.46. The molecule has 24 heavy (non-hydrogen) atoms. The number of rotatable bonds is 3. The molecule has 2 aromatic carbocycles. The molecule has 6 heteroatoms. The van der Waals surface area contributed by atoms with E-state index in [-0.39, 0.29) is 10.0 Å². The Hall–Kier alpha value is -2.34. The molecule has 0 atom stereocenters. The maximum atomic E-state index is 13.3. The lowest BCUT2D eigenvalue weighted by Crippen LogP contribution is -2.07. The van der Waals surface area contributed by atoms with Gasteiger partial charge in [0.15, 0.2) is 10.8 Å². The van der Waals surface area contributed by atoms with Gasteiger partial charge in [-0.3, -0.25) is 0 Å². The molecule has 2 nitrogen and oxygen atoms in total. The second-order valence-electron chi connectivity index (χ2n) is 5.50. The first-order valence-electron chi connectivity index (χ1n) is 7.32. The Balaban J connectivity index is 2.02. The number of thiazole rings is 1. The maximum absolute atomic E-state index is 13.3. The van der Waals surface area contributed by atoms with E-state index in [1.165, 1.54) is 0 Å². The summed E-state index contributed by atoms with van der Waals surface area (Å²) in [4.78, 5) is 3.92. The van der Waals surface area contributed by atoms with Gasteiger partial charge in [0.1, 0.15) is 0 Å². The van der Waals surface area contributed by atoms with E-state index in [1.807, 2.05) is 32.0 Å². The van der Waals surface area contributed by atoms with Crippen molar-refractivity contribution in [3.05, 3.63) is 65.4 Å². The average molecular weight is 348 g/mol. The highest BCUT2D eigenvalue weighted by Gasteiger charge is 2.38. The Labute approximate surface area is 142 Å². The van der Waals surface area contributed by atoms with Crippen LogP contribution in [0.15, 0.2) is 48.5 Å². The van der Waals surface area contributed by atoms with Gasteiger partial charge in [-0.1, -0.05) is 59.4 Å². The Morgan fingerprint density at radius 1 is 1.00 bits per heavy atom. The number of benzene rings is 2. The van der Waals surface area contributed by atoms with Crippen LogP contribution in [0, 0.1) is 13.8 Å². The fraction of sp³-hybridized carbons (Fsp3) is 0.167. The minimum absolute atomic E-state index is 0.121. The second-order valence-corrected chi connectivity index (χ2v) is 6.50. The summed E-state index contributed by atoms with van der Waals surface area (Å²) in [6.45, 7) is 3.88. The normalized spacial score (nSPS) is 11.5. The van der Waals surface area contributed by atoms with Gasteiger partial charge in [-0.15, -0.1) is 0 Å². The molecule has 0 radical (unpaired) electrons. The van der Waals surface area contributed by atoms with E-state index in [2.05, 4.69) is 10.3 Å². The van der Waals surface area contributed by atoms with Crippen LogP contribution >= 0.6 is 11.3 Å². The van der Waals surface area contributed by atoms with Crippen molar-refractivity contribution in [1.82, 2.24) is 4.98 Å². The van der Waals surface area contributed by atoms with Gasteiger partial charge in [0.25, 0.3) is 0 Å². The zero-order valence-electron chi connectivity index (χ0n) is 13.1. The molecule has 1 heterocycles. The lowest BCUT2D eigenvalue weighted by Gasteiger charge is -2.07. The molecule has 0 saturated carbocycles. The van der Waals surface area contributed by atoms with Crippen molar-refractivity contribution >= 4 is 22.2 Å². The SMILES string of the molecule is Cc1ccc(Nc2nc(C(F)(F)F)c(-c3ccccc3)s2)c(C)c1. The molecule has 124 valence electrons. The summed E-state index contributed by atoms with van der Waals surface area (Å²) in [5.74, 6) is 0. The molecule has 1 N–H and O–H groups in total. The second kappa shape index (κ2) is 6.28. The summed E-state index contributed by atoms with van der Waals surface area (Å²) in [5, 5.41) is 3.24. The van der Waals surface area contributed by atoms with Gasteiger partial charge in [0.05, 0.1) is 4.88 Å². The van der Waals surface area contributed by atoms with E-state index >= 15 is 0 Å². The van der Waals surface area contributed by atoms with E-state index in [1.54, 1.807) is 30.3 Å². The topological polar surface area (TPSA) is 24.9 Å². The van der Waals surface area contributed by atoms with E-state index in [0.29, 0.717) is 5.56 Å². The third kappa shape index (κ3) is 3.43. The van der Waals surface area contributed by atoms with Gasteiger partial charge in [-0.25, -0.2) is 4.98 Å². The summed E-state index contributed by atoms with van der Waals surface area (Å²) < 4.78 is 40.0. The smallest absolute Gasteiger partial charge is 0.331 e. The first-order chi connectivity index (χ1) is 11.3. The molecule has 0 fully saturated rings. The minimum Gasteiger partial charge on any atom is -0.331 e. The first kappa shape index (κ1) is 16.5. The van der Waals surface area contributed by atoms with Crippen LogP contribution in [-0.2, 0) is 6.18 Å². The molecule has 3 aromatic rings. The van der Waals surface area contributed by atoms with Gasteiger partial charge in [-0.2, -0.15) is 13.2 Å². The monoisotopic (exact) mass is 348 g/mol. The number of aromatic nitrogens is 1. The van der Waals surface area contributed by atoms with E-state index in [4.69, 9.17) is 0 Å². The molecule has 0 bridgehead atoms. The quantitative estimate of drug-likeness (QED) is 0.610. The fourth-order valence-corrected chi connectivity index (χ4v) is 3.42.